The molecule has 0 aliphatic heterocycles. The van der Waals surface area contributed by atoms with Gasteiger partial charge >= 0.3 is 0 Å². The molecule has 0 N–H and O–H groups in total. The van der Waals surface area contributed by atoms with Crippen molar-refractivity contribution in [2.75, 3.05) is 0 Å². The Morgan fingerprint density at radius 1 is 0.941 bits per heavy atom. The van der Waals surface area contributed by atoms with Gasteiger partial charge < -0.3 is 0 Å². The summed E-state index contributed by atoms with van der Waals surface area (Å²) in [6, 6.07) is 15.3. The van der Waals surface area contributed by atoms with E-state index in [2.05, 4.69) is 15.9 Å². The molecule has 2 heteroatoms. The SMILES string of the molecule is Cc1ccc(C(=O)c2ccc(CBr)cc2)cc1. The van der Waals surface area contributed by atoms with Crippen molar-refractivity contribution in [1.82, 2.24) is 0 Å². The molecule has 0 unspecified atom stereocenters. The van der Waals surface area contributed by atoms with Crippen LogP contribution in [-0.2, 0) is 5.33 Å². The van der Waals surface area contributed by atoms with Crippen LogP contribution in [0.15, 0.2) is 48.5 Å². The predicted octanol–water partition coefficient (Wildman–Crippen LogP) is 4.12. The Balaban J connectivity index is 2.27. The van der Waals surface area contributed by atoms with Gasteiger partial charge in [-0.2, -0.15) is 0 Å². The van der Waals surface area contributed by atoms with Gasteiger partial charge in [0.05, 0.1) is 0 Å². The van der Waals surface area contributed by atoms with Crippen molar-refractivity contribution in [3.63, 3.8) is 0 Å². The highest BCUT2D eigenvalue weighted by Crippen LogP contribution is 2.13. The van der Waals surface area contributed by atoms with E-state index < -0.39 is 0 Å². The van der Waals surface area contributed by atoms with Gasteiger partial charge in [-0.3, -0.25) is 4.79 Å². The second-order valence-corrected chi connectivity index (χ2v) is 4.59. The van der Waals surface area contributed by atoms with Crippen molar-refractivity contribution in [2.45, 2.75) is 12.3 Å². The Morgan fingerprint density at radius 2 is 1.41 bits per heavy atom. The minimum Gasteiger partial charge on any atom is -0.289 e. The lowest BCUT2D eigenvalue weighted by Crippen LogP contribution is -2.01. The maximum absolute atomic E-state index is 12.1. The molecule has 0 aliphatic carbocycles. The lowest BCUT2D eigenvalue weighted by atomic mass is 10.0. The summed E-state index contributed by atoms with van der Waals surface area (Å²) in [5.41, 5.74) is 3.81. The first kappa shape index (κ1) is 12.1. The first-order valence-electron chi connectivity index (χ1n) is 5.47. The summed E-state index contributed by atoms with van der Waals surface area (Å²) in [5, 5.41) is 0.812. The summed E-state index contributed by atoms with van der Waals surface area (Å²) in [4.78, 5) is 12.1. The summed E-state index contributed by atoms with van der Waals surface area (Å²) in [5.74, 6) is 0.0751. The minimum atomic E-state index is 0.0751. The molecule has 0 radical (unpaired) electrons. The molecule has 0 fully saturated rings. The number of alkyl halides is 1. The van der Waals surface area contributed by atoms with E-state index in [1.54, 1.807) is 0 Å². The van der Waals surface area contributed by atoms with Gasteiger partial charge in [0.25, 0.3) is 0 Å². The monoisotopic (exact) mass is 288 g/mol. The van der Waals surface area contributed by atoms with E-state index in [-0.39, 0.29) is 5.78 Å². The van der Waals surface area contributed by atoms with Gasteiger partial charge in [0.2, 0.25) is 0 Å². The van der Waals surface area contributed by atoms with Crippen LogP contribution in [0.2, 0.25) is 0 Å². The van der Waals surface area contributed by atoms with Crippen molar-refractivity contribution in [3.05, 3.63) is 70.8 Å². The van der Waals surface area contributed by atoms with E-state index >= 15 is 0 Å². The van der Waals surface area contributed by atoms with Crippen molar-refractivity contribution in [3.8, 4) is 0 Å². The molecule has 2 rings (SSSR count). The summed E-state index contributed by atoms with van der Waals surface area (Å²) in [6.45, 7) is 2.01. The zero-order valence-electron chi connectivity index (χ0n) is 9.61. The molecule has 1 nitrogen and oxygen atoms in total. The summed E-state index contributed by atoms with van der Waals surface area (Å²) >= 11 is 3.39. The molecular formula is C15H13BrO. The number of hydrogen-bond acceptors (Lipinski definition) is 1. The molecule has 0 spiro atoms. The van der Waals surface area contributed by atoms with Crippen LogP contribution in [0.3, 0.4) is 0 Å². The fourth-order valence-corrected chi connectivity index (χ4v) is 1.99. The molecule has 86 valence electrons. The highest BCUT2D eigenvalue weighted by Gasteiger charge is 2.08. The van der Waals surface area contributed by atoms with Crippen LogP contribution >= 0.6 is 15.9 Å². The minimum absolute atomic E-state index is 0.0751. The van der Waals surface area contributed by atoms with E-state index in [0.29, 0.717) is 0 Å². The van der Waals surface area contributed by atoms with Crippen LogP contribution in [-0.4, -0.2) is 5.78 Å². The number of hydrogen-bond donors (Lipinski definition) is 0. The first-order valence-corrected chi connectivity index (χ1v) is 6.59. The quantitative estimate of drug-likeness (QED) is 0.613. The lowest BCUT2D eigenvalue weighted by molar-refractivity contribution is 0.103. The highest BCUT2D eigenvalue weighted by atomic mass is 79.9. The average molecular weight is 289 g/mol. The third kappa shape index (κ3) is 2.83. The maximum atomic E-state index is 12.1. The van der Waals surface area contributed by atoms with Crippen molar-refractivity contribution in [2.24, 2.45) is 0 Å². The molecule has 0 aliphatic rings. The Bertz CT molecular complexity index is 512. The zero-order valence-corrected chi connectivity index (χ0v) is 11.2. The molecule has 0 bridgehead atoms. The number of ketones is 1. The van der Waals surface area contributed by atoms with E-state index in [1.165, 1.54) is 5.56 Å². The normalized spacial score (nSPS) is 10.2. The van der Waals surface area contributed by atoms with Gasteiger partial charge in [-0.1, -0.05) is 70.0 Å². The Morgan fingerprint density at radius 3 is 1.88 bits per heavy atom. The first-order chi connectivity index (χ1) is 8.20. The van der Waals surface area contributed by atoms with Gasteiger partial charge in [-0.25, -0.2) is 0 Å². The predicted molar refractivity (Wildman–Crippen MR) is 73.7 cm³/mol. The number of carbonyl (C=O) groups is 1. The molecule has 0 heterocycles. The lowest BCUT2D eigenvalue weighted by Gasteiger charge is -2.02. The number of carbonyl (C=O) groups excluding carboxylic acids is 1. The summed E-state index contributed by atoms with van der Waals surface area (Å²) in [7, 11) is 0. The van der Waals surface area contributed by atoms with Crippen molar-refractivity contribution in [1.29, 1.82) is 0 Å². The average Bonchev–Trinajstić information content (AvgIpc) is 2.39. The van der Waals surface area contributed by atoms with Crippen LogP contribution < -0.4 is 0 Å². The topological polar surface area (TPSA) is 17.1 Å². The number of halogens is 1. The maximum Gasteiger partial charge on any atom is 0.193 e. The molecule has 17 heavy (non-hydrogen) atoms. The number of benzene rings is 2. The third-order valence-electron chi connectivity index (χ3n) is 2.68. The van der Waals surface area contributed by atoms with E-state index in [4.69, 9.17) is 0 Å². The van der Waals surface area contributed by atoms with Crippen molar-refractivity contribution < 1.29 is 4.79 Å². The molecule has 0 aromatic heterocycles. The van der Waals surface area contributed by atoms with Crippen LogP contribution in [0.25, 0.3) is 0 Å². The zero-order chi connectivity index (χ0) is 12.3. The van der Waals surface area contributed by atoms with E-state index in [9.17, 15) is 4.79 Å². The summed E-state index contributed by atoms with van der Waals surface area (Å²) < 4.78 is 0. The molecule has 0 amide bonds. The third-order valence-corrected chi connectivity index (χ3v) is 3.33. The van der Waals surface area contributed by atoms with Crippen LogP contribution in [0, 0.1) is 6.92 Å². The largest absolute Gasteiger partial charge is 0.289 e. The van der Waals surface area contributed by atoms with Crippen LogP contribution in [0.4, 0.5) is 0 Å². The number of aryl methyl sites for hydroxylation is 1. The van der Waals surface area contributed by atoms with Gasteiger partial charge in [0.1, 0.15) is 0 Å². The number of rotatable bonds is 3. The van der Waals surface area contributed by atoms with Crippen LogP contribution in [0.5, 0.6) is 0 Å². The smallest absolute Gasteiger partial charge is 0.193 e. The molecule has 2 aromatic carbocycles. The Hall–Kier alpha value is -1.41. The molecule has 0 saturated carbocycles. The summed E-state index contributed by atoms with van der Waals surface area (Å²) in [6.07, 6.45) is 0. The van der Waals surface area contributed by atoms with Crippen LogP contribution in [0.1, 0.15) is 27.0 Å². The second-order valence-electron chi connectivity index (χ2n) is 4.03. The fraction of sp³-hybridized carbons (Fsp3) is 0.133. The highest BCUT2D eigenvalue weighted by molar-refractivity contribution is 9.08. The Kier molecular flexibility index (Phi) is 3.75. The van der Waals surface area contributed by atoms with Gasteiger partial charge in [-0.15, -0.1) is 0 Å². The van der Waals surface area contributed by atoms with Gasteiger partial charge in [-0.05, 0) is 12.5 Å². The molecule has 2 aromatic rings. The van der Waals surface area contributed by atoms with Gasteiger partial charge in [0.15, 0.2) is 5.78 Å². The van der Waals surface area contributed by atoms with Crippen molar-refractivity contribution >= 4 is 21.7 Å². The molecular weight excluding hydrogens is 276 g/mol. The van der Waals surface area contributed by atoms with E-state index in [0.717, 1.165) is 22.0 Å². The standard InChI is InChI=1S/C15H13BrO/c1-11-2-6-13(7-3-11)15(17)14-8-4-12(10-16)5-9-14/h2-9H,10H2,1H3. The van der Waals surface area contributed by atoms with Gasteiger partial charge in [0, 0.05) is 16.5 Å². The molecule has 0 atom stereocenters. The molecule has 0 saturated heterocycles. The Labute approximate surface area is 110 Å². The fourth-order valence-electron chi connectivity index (χ4n) is 1.62. The second kappa shape index (κ2) is 5.28. The van der Waals surface area contributed by atoms with E-state index in [1.807, 2.05) is 55.5 Å².